The van der Waals surface area contributed by atoms with E-state index >= 15 is 0 Å². The molecule has 0 aromatic heterocycles. The number of carbonyl (C=O) groups is 2. The van der Waals surface area contributed by atoms with Crippen LogP contribution in [0.15, 0.2) is 24.3 Å². The monoisotopic (exact) mass is 264 g/mol. The third-order valence-electron chi connectivity index (χ3n) is 3.07. The number of hydrogen-bond donors (Lipinski definition) is 1. The highest BCUT2D eigenvalue weighted by atomic mass is 32.2. The third kappa shape index (κ3) is 2.22. The van der Waals surface area contributed by atoms with Crippen molar-refractivity contribution >= 4 is 29.4 Å². The van der Waals surface area contributed by atoms with Gasteiger partial charge in [0.25, 0.3) is 5.91 Å². The molecule has 1 fully saturated rings. The normalized spacial score (nSPS) is 21.1. The van der Waals surface area contributed by atoms with Gasteiger partial charge in [-0.2, -0.15) is 11.8 Å². The second kappa shape index (κ2) is 5.02. The van der Waals surface area contributed by atoms with E-state index in [1.54, 1.807) is 17.8 Å². The van der Waals surface area contributed by atoms with Gasteiger partial charge in [-0.3, -0.25) is 4.79 Å². The van der Waals surface area contributed by atoms with Crippen LogP contribution in [0, 0.1) is 6.92 Å². The summed E-state index contributed by atoms with van der Waals surface area (Å²) in [6.45, 7) is 3.87. The molecule has 1 aliphatic heterocycles. The third-order valence-corrected chi connectivity index (χ3v) is 4.09. The molecule has 2 unspecified atom stereocenters. The largest absolute Gasteiger partial charge is 0.329 e. The lowest BCUT2D eigenvalue weighted by atomic mass is 10.2. The first-order valence-electron chi connectivity index (χ1n) is 5.78. The number of nitrogens with zero attached hydrogens (tertiary/aromatic N) is 1. The van der Waals surface area contributed by atoms with Gasteiger partial charge in [0.15, 0.2) is 0 Å². The molecule has 1 saturated heterocycles. The Morgan fingerprint density at radius 2 is 2.11 bits per heavy atom. The molecule has 2 rings (SSSR count). The lowest BCUT2D eigenvalue weighted by molar-refractivity contribution is -0.118. The quantitative estimate of drug-likeness (QED) is 0.851. The van der Waals surface area contributed by atoms with E-state index in [4.69, 9.17) is 0 Å². The average Bonchev–Trinajstić information content (AvgIpc) is 2.64. The van der Waals surface area contributed by atoms with E-state index in [0.29, 0.717) is 5.69 Å². The van der Waals surface area contributed by atoms with Crippen molar-refractivity contribution in [1.82, 2.24) is 5.32 Å². The van der Waals surface area contributed by atoms with Gasteiger partial charge < -0.3 is 5.32 Å². The van der Waals surface area contributed by atoms with Crippen molar-refractivity contribution in [1.29, 1.82) is 0 Å². The zero-order valence-corrected chi connectivity index (χ0v) is 11.5. The van der Waals surface area contributed by atoms with Crippen LogP contribution in [0.1, 0.15) is 12.5 Å². The smallest absolute Gasteiger partial charge is 0.324 e. The minimum Gasteiger partial charge on any atom is -0.324 e. The first kappa shape index (κ1) is 13.0. The second-order valence-electron chi connectivity index (χ2n) is 4.38. The minimum absolute atomic E-state index is 0.0660. The molecule has 0 spiro atoms. The van der Waals surface area contributed by atoms with Crippen LogP contribution in [-0.2, 0) is 4.79 Å². The van der Waals surface area contributed by atoms with Crippen LogP contribution in [0.5, 0.6) is 0 Å². The Labute approximate surface area is 111 Å². The maximum Gasteiger partial charge on any atom is 0.329 e. The Kier molecular flexibility index (Phi) is 3.61. The molecule has 2 atom stereocenters. The molecule has 1 aliphatic rings. The Balaban J connectivity index is 2.30. The summed E-state index contributed by atoms with van der Waals surface area (Å²) in [6, 6.07) is 6.62. The number of amides is 3. The molecule has 96 valence electrons. The number of hydrogen-bond acceptors (Lipinski definition) is 3. The Hall–Kier alpha value is -1.49. The second-order valence-corrected chi connectivity index (χ2v) is 5.60. The molecule has 0 aliphatic carbocycles. The van der Waals surface area contributed by atoms with E-state index in [2.05, 4.69) is 5.32 Å². The SMILES string of the molecule is CSC(C)C1NC(=O)N(c2cccc(C)c2)C1=O. The highest BCUT2D eigenvalue weighted by Crippen LogP contribution is 2.24. The number of imide groups is 1. The van der Waals surface area contributed by atoms with Crippen LogP contribution in [0.2, 0.25) is 0 Å². The van der Waals surface area contributed by atoms with Crippen LogP contribution in [0.3, 0.4) is 0 Å². The molecule has 0 saturated carbocycles. The Morgan fingerprint density at radius 1 is 1.39 bits per heavy atom. The summed E-state index contributed by atoms with van der Waals surface area (Å²) in [6.07, 6.45) is 1.93. The number of benzene rings is 1. The fraction of sp³-hybridized carbons (Fsp3) is 0.385. The topological polar surface area (TPSA) is 49.4 Å². The van der Waals surface area contributed by atoms with Crippen LogP contribution in [-0.4, -0.2) is 29.5 Å². The van der Waals surface area contributed by atoms with Crippen molar-refractivity contribution in [3.63, 3.8) is 0 Å². The number of rotatable bonds is 3. The van der Waals surface area contributed by atoms with Crippen molar-refractivity contribution in [2.75, 3.05) is 11.2 Å². The van der Waals surface area contributed by atoms with Gasteiger partial charge in [0.1, 0.15) is 6.04 Å². The molecule has 4 nitrogen and oxygen atoms in total. The summed E-state index contributed by atoms with van der Waals surface area (Å²) in [5.74, 6) is -0.174. The average molecular weight is 264 g/mol. The van der Waals surface area contributed by atoms with Crippen molar-refractivity contribution in [3.8, 4) is 0 Å². The molecule has 0 bridgehead atoms. The van der Waals surface area contributed by atoms with Gasteiger partial charge in [0.05, 0.1) is 5.69 Å². The number of anilines is 1. The molecule has 1 aromatic carbocycles. The number of carbonyl (C=O) groups excluding carboxylic acids is 2. The predicted molar refractivity (Wildman–Crippen MR) is 74.0 cm³/mol. The van der Waals surface area contributed by atoms with Crippen LogP contribution in [0.4, 0.5) is 10.5 Å². The lowest BCUT2D eigenvalue weighted by Crippen LogP contribution is -2.37. The van der Waals surface area contributed by atoms with Crippen molar-refractivity contribution < 1.29 is 9.59 Å². The first-order valence-corrected chi connectivity index (χ1v) is 7.07. The van der Waals surface area contributed by atoms with Gasteiger partial charge in [-0.15, -0.1) is 0 Å². The molecular weight excluding hydrogens is 248 g/mol. The lowest BCUT2D eigenvalue weighted by Gasteiger charge is -2.16. The number of nitrogens with one attached hydrogen (secondary N) is 1. The van der Waals surface area contributed by atoms with E-state index in [-0.39, 0.29) is 17.2 Å². The molecule has 5 heteroatoms. The molecular formula is C13H16N2O2S. The molecule has 1 aromatic rings. The first-order chi connectivity index (χ1) is 8.54. The van der Waals surface area contributed by atoms with Crippen LogP contribution in [0.25, 0.3) is 0 Å². The highest BCUT2D eigenvalue weighted by Gasteiger charge is 2.41. The van der Waals surface area contributed by atoms with Gasteiger partial charge in [0, 0.05) is 5.25 Å². The predicted octanol–water partition coefficient (Wildman–Crippen LogP) is 2.17. The van der Waals surface area contributed by atoms with E-state index in [9.17, 15) is 9.59 Å². The fourth-order valence-corrected chi connectivity index (χ4v) is 2.42. The van der Waals surface area contributed by atoms with Crippen LogP contribution < -0.4 is 10.2 Å². The summed E-state index contributed by atoms with van der Waals surface area (Å²) in [7, 11) is 0. The Bertz CT molecular complexity index is 490. The number of thioether (sulfide) groups is 1. The fourth-order valence-electron chi connectivity index (χ4n) is 1.96. The van der Waals surface area contributed by atoms with Gasteiger partial charge in [-0.25, -0.2) is 9.69 Å². The summed E-state index contributed by atoms with van der Waals surface area (Å²) in [5, 5.41) is 2.80. The van der Waals surface area contributed by atoms with Crippen molar-refractivity contribution in [3.05, 3.63) is 29.8 Å². The van der Waals surface area contributed by atoms with Crippen molar-refractivity contribution in [2.24, 2.45) is 0 Å². The van der Waals surface area contributed by atoms with Crippen LogP contribution >= 0.6 is 11.8 Å². The summed E-state index contributed by atoms with van der Waals surface area (Å²) >= 11 is 1.57. The Morgan fingerprint density at radius 3 is 2.72 bits per heavy atom. The van der Waals surface area contributed by atoms with Gasteiger partial charge >= 0.3 is 6.03 Å². The van der Waals surface area contributed by atoms with Gasteiger partial charge in [-0.1, -0.05) is 19.1 Å². The van der Waals surface area contributed by atoms with Crippen molar-refractivity contribution in [2.45, 2.75) is 25.1 Å². The molecule has 0 radical (unpaired) electrons. The molecule has 1 heterocycles. The summed E-state index contributed by atoms with van der Waals surface area (Å²) in [5.41, 5.74) is 1.66. The number of urea groups is 1. The standard InChI is InChI=1S/C13H16N2O2S/c1-8-5-4-6-10(7-8)15-12(16)11(9(2)18-3)14-13(15)17/h4-7,9,11H,1-3H3,(H,14,17). The maximum atomic E-state index is 12.3. The molecule has 18 heavy (non-hydrogen) atoms. The maximum absolute atomic E-state index is 12.3. The van der Waals surface area contributed by atoms with E-state index in [0.717, 1.165) is 5.56 Å². The van der Waals surface area contributed by atoms with Gasteiger partial charge in [0.2, 0.25) is 0 Å². The van der Waals surface area contributed by atoms with Gasteiger partial charge in [-0.05, 0) is 30.9 Å². The number of aryl methyl sites for hydroxylation is 1. The highest BCUT2D eigenvalue weighted by molar-refractivity contribution is 7.99. The minimum atomic E-state index is -0.437. The molecule has 1 N–H and O–H groups in total. The summed E-state index contributed by atoms with van der Waals surface area (Å²) < 4.78 is 0. The summed E-state index contributed by atoms with van der Waals surface area (Å²) in [4.78, 5) is 25.4. The van der Waals surface area contributed by atoms with E-state index in [1.807, 2.05) is 38.3 Å². The molecule has 3 amide bonds. The zero-order valence-electron chi connectivity index (χ0n) is 10.6. The zero-order chi connectivity index (χ0) is 13.3. The van der Waals surface area contributed by atoms with E-state index in [1.165, 1.54) is 4.90 Å². The van der Waals surface area contributed by atoms with E-state index < -0.39 is 6.04 Å².